The Morgan fingerprint density at radius 2 is 1.62 bits per heavy atom. The van der Waals surface area contributed by atoms with E-state index in [1.165, 1.54) is 10.4 Å². The van der Waals surface area contributed by atoms with Gasteiger partial charge in [0.15, 0.2) is 0 Å². The average Bonchev–Trinajstić information content (AvgIpc) is 3.37. The van der Waals surface area contributed by atoms with Crippen molar-refractivity contribution in [3.8, 4) is 0 Å². The number of rotatable bonds is 14. The van der Waals surface area contributed by atoms with E-state index < -0.39 is 63.2 Å². The van der Waals surface area contributed by atoms with Gasteiger partial charge in [-0.15, -0.1) is 6.58 Å². The van der Waals surface area contributed by atoms with E-state index in [-0.39, 0.29) is 53.8 Å². The van der Waals surface area contributed by atoms with Crippen LogP contribution in [0.1, 0.15) is 105 Å². The topological polar surface area (TPSA) is 174 Å². The minimum absolute atomic E-state index is 0.0847. The van der Waals surface area contributed by atoms with Gasteiger partial charge in [0.2, 0.25) is 27.6 Å². The summed E-state index contributed by atoms with van der Waals surface area (Å²) in [4.78, 5) is 70.5. The molecule has 2 saturated heterocycles. The van der Waals surface area contributed by atoms with Gasteiger partial charge >= 0.3 is 6.03 Å². The molecule has 5 rings (SSSR count). The summed E-state index contributed by atoms with van der Waals surface area (Å²) in [6.45, 7) is 14.7. The smallest absolute Gasteiger partial charge is 0.315 e. The first kappa shape index (κ1) is 40.2. The minimum atomic E-state index is -3.42. The van der Waals surface area contributed by atoms with Gasteiger partial charge in [-0.25, -0.2) is 13.2 Å². The van der Waals surface area contributed by atoms with Crippen LogP contribution in [0.3, 0.4) is 0 Å². The fourth-order valence-electron chi connectivity index (χ4n) is 8.93. The summed E-state index contributed by atoms with van der Waals surface area (Å²) in [6.07, 6.45) is 10.6. The molecule has 5 fully saturated rings. The summed E-state index contributed by atoms with van der Waals surface area (Å²) in [5.74, 6) is -2.07. The van der Waals surface area contributed by atoms with Crippen LogP contribution in [0.4, 0.5) is 4.79 Å². The molecule has 292 valence electrons. The first-order valence-corrected chi connectivity index (χ1v) is 21.1. The van der Waals surface area contributed by atoms with Gasteiger partial charge in [-0.05, 0) is 66.6 Å². The first-order valence-electron chi connectivity index (χ1n) is 19.5. The third kappa shape index (κ3) is 9.02. The van der Waals surface area contributed by atoms with Crippen molar-refractivity contribution < 1.29 is 32.4 Å². The molecule has 0 aromatic carbocycles. The molecule has 2 heterocycles. The number of urea groups is 1. The van der Waals surface area contributed by atoms with Crippen molar-refractivity contribution in [3.05, 3.63) is 12.7 Å². The highest BCUT2D eigenvalue weighted by Gasteiger charge is 2.69. The summed E-state index contributed by atoms with van der Waals surface area (Å²) < 4.78 is 27.1. The Morgan fingerprint density at radius 1 is 0.923 bits per heavy atom. The van der Waals surface area contributed by atoms with Crippen molar-refractivity contribution >= 4 is 39.6 Å². The molecule has 2 aliphatic heterocycles. The lowest BCUT2D eigenvalue weighted by atomic mass is 9.80. The standard InChI is InChI=1S/C38H62N6O7S/c1-7-18-39-34(47)32(45)27(21-24-14-13-15-24)40-33(46)31-29-26(38(29,5)6)22-44(31)35(48)30(25-16-9-8-10-17-25)42-36(49)41-28(37(2,3)4)23-43-19-11-12-20-52(43,50)51/h7,24-31H,1,8-23H2,2-6H3,(H,39,47)(H,40,46)(H2,41,42,49)/t26-,27?,28+,29-,30-,31-/m0/s1. The Hall–Kier alpha value is -3.00. The molecular weight excluding hydrogens is 685 g/mol. The molecule has 0 aromatic heterocycles. The Balaban J connectivity index is 1.35. The van der Waals surface area contributed by atoms with Crippen LogP contribution in [0.5, 0.6) is 0 Å². The number of ketones is 1. The van der Waals surface area contributed by atoms with Gasteiger partial charge in [-0.2, -0.15) is 4.31 Å². The monoisotopic (exact) mass is 746 g/mol. The summed E-state index contributed by atoms with van der Waals surface area (Å²) in [5.41, 5.74) is -0.664. The normalized spacial score (nSPS) is 27.6. The van der Waals surface area contributed by atoms with Gasteiger partial charge in [-0.1, -0.05) is 79.2 Å². The van der Waals surface area contributed by atoms with Crippen LogP contribution in [0.15, 0.2) is 12.7 Å². The molecule has 0 aromatic rings. The number of hydrogen-bond acceptors (Lipinski definition) is 7. The quantitative estimate of drug-likeness (QED) is 0.156. The fourth-order valence-corrected chi connectivity index (χ4v) is 10.5. The largest absolute Gasteiger partial charge is 0.346 e. The molecule has 4 N–H and O–H groups in total. The molecule has 0 bridgehead atoms. The van der Waals surface area contributed by atoms with Crippen LogP contribution < -0.4 is 21.3 Å². The molecule has 5 amide bonds. The predicted molar refractivity (Wildman–Crippen MR) is 198 cm³/mol. The van der Waals surface area contributed by atoms with E-state index in [0.29, 0.717) is 25.9 Å². The number of hydrogen-bond donors (Lipinski definition) is 4. The van der Waals surface area contributed by atoms with Crippen LogP contribution in [-0.2, 0) is 29.2 Å². The van der Waals surface area contributed by atoms with E-state index >= 15 is 0 Å². The minimum Gasteiger partial charge on any atom is -0.346 e. The van der Waals surface area contributed by atoms with Crippen molar-refractivity contribution in [2.75, 3.05) is 31.9 Å². The Labute approximate surface area is 310 Å². The van der Waals surface area contributed by atoms with Gasteiger partial charge in [0.1, 0.15) is 12.1 Å². The molecule has 14 heteroatoms. The zero-order chi connectivity index (χ0) is 38.0. The van der Waals surface area contributed by atoms with Crippen molar-refractivity contribution in [1.29, 1.82) is 0 Å². The van der Waals surface area contributed by atoms with Crippen molar-refractivity contribution in [3.63, 3.8) is 0 Å². The highest BCUT2D eigenvalue weighted by Crippen LogP contribution is 2.65. The number of carbonyl (C=O) groups is 5. The molecule has 52 heavy (non-hydrogen) atoms. The van der Waals surface area contributed by atoms with Gasteiger partial charge in [0.25, 0.3) is 5.91 Å². The maximum atomic E-state index is 14.7. The number of piperidine rings is 1. The van der Waals surface area contributed by atoms with E-state index in [4.69, 9.17) is 0 Å². The highest BCUT2D eigenvalue weighted by molar-refractivity contribution is 7.89. The second kappa shape index (κ2) is 16.2. The summed E-state index contributed by atoms with van der Waals surface area (Å²) in [5, 5.41) is 11.5. The molecular formula is C38H62N6O7S. The van der Waals surface area contributed by atoms with E-state index in [9.17, 15) is 32.4 Å². The third-order valence-corrected chi connectivity index (χ3v) is 14.6. The lowest BCUT2D eigenvalue weighted by Crippen LogP contribution is -2.62. The van der Waals surface area contributed by atoms with Gasteiger partial charge in [0, 0.05) is 32.2 Å². The van der Waals surface area contributed by atoms with Crippen LogP contribution >= 0.6 is 0 Å². The number of carbonyl (C=O) groups excluding carboxylic acids is 5. The number of sulfonamides is 1. The van der Waals surface area contributed by atoms with E-state index in [1.807, 2.05) is 20.8 Å². The average molecular weight is 747 g/mol. The summed E-state index contributed by atoms with van der Waals surface area (Å²) >= 11 is 0. The molecule has 0 radical (unpaired) electrons. The van der Waals surface area contributed by atoms with E-state index in [0.717, 1.165) is 57.8 Å². The number of amides is 5. The number of likely N-dealkylation sites (tertiary alicyclic amines) is 1. The Bertz CT molecular complexity index is 1480. The number of nitrogens with zero attached hydrogens (tertiary/aromatic N) is 2. The second-order valence-electron chi connectivity index (χ2n) is 17.6. The van der Waals surface area contributed by atoms with Gasteiger partial charge in [-0.3, -0.25) is 19.2 Å². The maximum absolute atomic E-state index is 14.7. The zero-order valence-corrected chi connectivity index (χ0v) is 32.7. The van der Waals surface area contributed by atoms with Gasteiger partial charge in [0.05, 0.1) is 11.8 Å². The molecule has 1 unspecified atom stereocenters. The van der Waals surface area contributed by atoms with Crippen LogP contribution in [-0.4, -0.2) is 103 Å². The van der Waals surface area contributed by atoms with E-state index in [1.54, 1.807) is 4.90 Å². The molecule has 3 aliphatic carbocycles. The molecule has 13 nitrogen and oxygen atoms in total. The number of Topliss-reactive ketones (excluding diaryl/α,β-unsaturated/α-hetero) is 1. The molecule has 5 aliphatic rings. The van der Waals surface area contributed by atoms with Crippen LogP contribution in [0.2, 0.25) is 0 Å². The lowest BCUT2D eigenvalue weighted by Gasteiger charge is -2.39. The van der Waals surface area contributed by atoms with Crippen LogP contribution in [0, 0.1) is 34.5 Å². The van der Waals surface area contributed by atoms with Crippen molar-refractivity contribution in [1.82, 2.24) is 30.5 Å². The lowest BCUT2D eigenvalue weighted by molar-refractivity contribution is -0.145. The van der Waals surface area contributed by atoms with Crippen LogP contribution in [0.25, 0.3) is 0 Å². The number of nitrogens with one attached hydrogen (secondary N) is 4. The Morgan fingerprint density at radius 3 is 2.21 bits per heavy atom. The van der Waals surface area contributed by atoms with Gasteiger partial charge < -0.3 is 26.2 Å². The zero-order valence-electron chi connectivity index (χ0n) is 31.9. The molecule has 0 spiro atoms. The highest BCUT2D eigenvalue weighted by atomic mass is 32.2. The molecule has 6 atom stereocenters. The predicted octanol–water partition coefficient (Wildman–Crippen LogP) is 3.10. The van der Waals surface area contributed by atoms with Crippen molar-refractivity contribution in [2.24, 2.45) is 34.5 Å². The fraction of sp³-hybridized carbons (Fsp3) is 0.816. The van der Waals surface area contributed by atoms with E-state index in [2.05, 4.69) is 41.7 Å². The summed E-state index contributed by atoms with van der Waals surface area (Å²) in [7, 11) is -3.42. The van der Waals surface area contributed by atoms with Crippen molar-refractivity contribution in [2.45, 2.75) is 129 Å². The maximum Gasteiger partial charge on any atom is 0.315 e. The first-order chi connectivity index (χ1) is 24.5. The third-order valence-electron chi connectivity index (χ3n) is 12.7. The Kier molecular flexibility index (Phi) is 12.5. The SMILES string of the molecule is C=CCNC(=O)C(=O)C(CC1CCC1)NC(=O)[C@@H]1[C@@H]2[C@H](CN1C(=O)[C@@H](NC(=O)N[C@H](CN1CCCCS1(=O)=O)C(C)(C)C)C1CCCCC1)C2(C)C. The molecule has 3 saturated carbocycles. The number of fused-ring (bicyclic) bond motifs is 1. The summed E-state index contributed by atoms with van der Waals surface area (Å²) in [6, 6.07) is -3.79. The second-order valence-corrected chi connectivity index (χ2v) is 19.7.